The van der Waals surface area contributed by atoms with Crippen molar-refractivity contribution in [2.24, 2.45) is 0 Å². The molecule has 0 fully saturated rings. The number of carbonyl (C=O) groups excluding carboxylic acids is 1. The lowest BCUT2D eigenvalue weighted by molar-refractivity contribution is -0.143. The van der Waals surface area contributed by atoms with E-state index >= 15 is 0 Å². The molecular formula is C20H44ClNO2. The van der Waals surface area contributed by atoms with Crippen molar-refractivity contribution in [1.29, 1.82) is 0 Å². The number of unbranched alkanes of at least 4 members (excludes halogenated alkanes) is 14. The van der Waals surface area contributed by atoms with Crippen LogP contribution in [-0.2, 0) is 9.53 Å². The molecule has 0 spiro atoms. The molecule has 0 atom stereocenters. The Hall–Kier alpha value is -0.280. The predicted octanol–water partition coefficient (Wildman–Crippen LogP) is 7.39. The third-order valence-electron chi connectivity index (χ3n) is 4.29. The van der Waals surface area contributed by atoms with Gasteiger partial charge in [-0.3, -0.25) is 4.79 Å². The molecule has 3 nitrogen and oxygen atoms in total. The van der Waals surface area contributed by atoms with Crippen LogP contribution in [0.3, 0.4) is 0 Å². The summed E-state index contributed by atoms with van der Waals surface area (Å²) in [6.07, 6.45) is 21.0. The molecule has 0 heterocycles. The average Bonchev–Trinajstić information content (AvgIpc) is 2.51. The van der Waals surface area contributed by atoms with Gasteiger partial charge in [0.05, 0.1) is 6.61 Å². The topological polar surface area (TPSA) is 61.3 Å². The number of halogens is 1. The Morgan fingerprint density at radius 2 is 0.958 bits per heavy atom. The molecule has 0 unspecified atom stereocenters. The van der Waals surface area contributed by atoms with Crippen molar-refractivity contribution in [1.82, 2.24) is 6.15 Å². The maximum atomic E-state index is 11.2. The van der Waals surface area contributed by atoms with Gasteiger partial charge in [0.1, 0.15) is 0 Å². The van der Waals surface area contributed by atoms with E-state index < -0.39 is 0 Å². The molecule has 0 aliphatic carbocycles. The van der Waals surface area contributed by atoms with Crippen LogP contribution in [-0.4, -0.2) is 12.6 Å². The van der Waals surface area contributed by atoms with E-state index in [4.69, 9.17) is 4.74 Å². The van der Waals surface area contributed by atoms with Gasteiger partial charge in [0.15, 0.2) is 0 Å². The summed E-state index contributed by atoms with van der Waals surface area (Å²) < 4.78 is 4.92. The number of rotatable bonds is 17. The Labute approximate surface area is 157 Å². The Morgan fingerprint density at radius 3 is 1.29 bits per heavy atom. The highest BCUT2D eigenvalue weighted by Gasteiger charge is 2.00. The average molecular weight is 366 g/mol. The van der Waals surface area contributed by atoms with E-state index in [1.54, 1.807) is 0 Å². The first-order chi connectivity index (χ1) is 10.8. The van der Waals surface area contributed by atoms with Crippen molar-refractivity contribution in [3.05, 3.63) is 0 Å². The molecular weight excluding hydrogens is 322 g/mol. The summed E-state index contributed by atoms with van der Waals surface area (Å²) in [4.78, 5) is 11.2. The first-order valence-electron chi connectivity index (χ1n) is 9.96. The zero-order valence-electron chi connectivity index (χ0n) is 16.5. The van der Waals surface area contributed by atoms with Gasteiger partial charge >= 0.3 is 5.97 Å². The predicted molar refractivity (Wildman–Crippen MR) is 108 cm³/mol. The molecule has 0 aromatic carbocycles. The Morgan fingerprint density at radius 1 is 0.625 bits per heavy atom. The van der Waals surface area contributed by atoms with E-state index in [1.165, 1.54) is 89.9 Å². The Balaban J connectivity index is -0.00000220. The largest absolute Gasteiger partial charge is 0.466 e. The van der Waals surface area contributed by atoms with Crippen LogP contribution in [0.2, 0.25) is 0 Å². The van der Waals surface area contributed by atoms with E-state index in [1.807, 2.05) is 6.92 Å². The number of hydrogen-bond donors (Lipinski definition) is 1. The third-order valence-corrected chi connectivity index (χ3v) is 4.29. The normalized spacial score (nSPS) is 9.92. The summed E-state index contributed by atoms with van der Waals surface area (Å²) in [6.45, 7) is 4.66. The fourth-order valence-corrected chi connectivity index (χ4v) is 2.87. The summed E-state index contributed by atoms with van der Waals surface area (Å²) in [5, 5.41) is 0. The van der Waals surface area contributed by atoms with Crippen LogP contribution in [0.4, 0.5) is 0 Å². The Bertz CT molecular complexity index is 238. The van der Waals surface area contributed by atoms with Crippen molar-refractivity contribution in [3.8, 4) is 0 Å². The fourth-order valence-electron chi connectivity index (χ4n) is 2.87. The molecule has 4 heteroatoms. The van der Waals surface area contributed by atoms with Crippen molar-refractivity contribution in [2.45, 2.75) is 117 Å². The molecule has 0 bridgehead atoms. The van der Waals surface area contributed by atoms with Crippen molar-refractivity contribution < 1.29 is 9.53 Å². The van der Waals surface area contributed by atoms with E-state index in [0.29, 0.717) is 13.0 Å². The number of esters is 1. The molecule has 0 saturated carbocycles. The van der Waals surface area contributed by atoms with Gasteiger partial charge in [-0.05, 0) is 13.3 Å². The highest BCUT2D eigenvalue weighted by molar-refractivity contribution is 5.85. The molecule has 148 valence electrons. The molecule has 24 heavy (non-hydrogen) atoms. The summed E-state index contributed by atoms with van der Waals surface area (Å²) in [6, 6.07) is 0. The second-order valence-corrected chi connectivity index (χ2v) is 6.50. The summed E-state index contributed by atoms with van der Waals surface area (Å²) in [7, 11) is 0. The maximum Gasteiger partial charge on any atom is 0.305 e. The molecule has 0 radical (unpaired) electrons. The molecule has 3 N–H and O–H groups in total. The molecule has 0 rings (SSSR count). The second-order valence-electron chi connectivity index (χ2n) is 6.50. The fraction of sp³-hybridized carbons (Fsp3) is 0.950. The minimum Gasteiger partial charge on any atom is -0.466 e. The van der Waals surface area contributed by atoms with E-state index in [9.17, 15) is 4.79 Å². The molecule has 0 amide bonds. The smallest absolute Gasteiger partial charge is 0.305 e. The van der Waals surface area contributed by atoms with E-state index in [0.717, 1.165) is 6.42 Å². The van der Waals surface area contributed by atoms with Crippen LogP contribution in [0, 0.1) is 0 Å². The quantitative estimate of drug-likeness (QED) is 0.216. The lowest BCUT2D eigenvalue weighted by Gasteiger charge is -2.03. The highest BCUT2D eigenvalue weighted by atomic mass is 35.5. The van der Waals surface area contributed by atoms with Crippen LogP contribution < -0.4 is 6.15 Å². The molecule has 0 aromatic rings. The van der Waals surface area contributed by atoms with E-state index in [2.05, 4.69) is 6.92 Å². The summed E-state index contributed by atoms with van der Waals surface area (Å²) >= 11 is 0. The van der Waals surface area contributed by atoms with E-state index in [-0.39, 0.29) is 24.5 Å². The van der Waals surface area contributed by atoms with Crippen LogP contribution in [0.15, 0.2) is 0 Å². The number of ether oxygens (including phenoxy) is 1. The number of hydrogen-bond acceptors (Lipinski definition) is 3. The van der Waals surface area contributed by atoms with Gasteiger partial charge in [-0.15, -0.1) is 12.4 Å². The molecule has 0 saturated heterocycles. The molecule has 0 aliphatic heterocycles. The van der Waals surface area contributed by atoms with Gasteiger partial charge in [0, 0.05) is 6.42 Å². The zero-order valence-corrected chi connectivity index (χ0v) is 17.3. The lowest BCUT2D eigenvalue weighted by atomic mass is 10.0. The van der Waals surface area contributed by atoms with Gasteiger partial charge < -0.3 is 10.9 Å². The van der Waals surface area contributed by atoms with Crippen molar-refractivity contribution in [3.63, 3.8) is 0 Å². The van der Waals surface area contributed by atoms with Gasteiger partial charge in [0.25, 0.3) is 0 Å². The van der Waals surface area contributed by atoms with Crippen molar-refractivity contribution in [2.75, 3.05) is 6.61 Å². The van der Waals surface area contributed by atoms with Gasteiger partial charge in [-0.2, -0.15) is 0 Å². The van der Waals surface area contributed by atoms with Crippen LogP contribution in [0.1, 0.15) is 117 Å². The monoisotopic (exact) mass is 365 g/mol. The molecule has 0 aliphatic rings. The van der Waals surface area contributed by atoms with Gasteiger partial charge in [-0.1, -0.05) is 96.8 Å². The summed E-state index contributed by atoms with van der Waals surface area (Å²) in [5.74, 6) is -0.0304. The standard InChI is InChI=1S/C20H40O2.ClH.H3N/c1-3-5-6-7-8-9-10-11-12-13-14-15-16-17-18-19-20(21)22-4-2;;/h3-19H2,1-2H3;1H;1H3. The zero-order chi connectivity index (χ0) is 16.3. The first kappa shape index (κ1) is 28.5. The van der Waals surface area contributed by atoms with Crippen LogP contribution >= 0.6 is 12.4 Å². The van der Waals surface area contributed by atoms with Crippen LogP contribution in [0.5, 0.6) is 0 Å². The number of carbonyl (C=O) groups is 1. The lowest BCUT2D eigenvalue weighted by Crippen LogP contribution is -2.03. The minimum atomic E-state index is -0.0304. The SMILES string of the molecule is CCCCCCCCCCCCCCCCCC(=O)OCC.Cl.N. The minimum absolute atomic E-state index is 0. The first-order valence-corrected chi connectivity index (χ1v) is 9.96. The second kappa shape index (κ2) is 25.0. The molecule has 0 aromatic heterocycles. The summed E-state index contributed by atoms with van der Waals surface area (Å²) in [5.41, 5.74) is 0. The van der Waals surface area contributed by atoms with Crippen LogP contribution in [0.25, 0.3) is 0 Å². The van der Waals surface area contributed by atoms with Gasteiger partial charge in [-0.25, -0.2) is 0 Å². The Kier molecular flexibility index (Phi) is 29.7. The van der Waals surface area contributed by atoms with Gasteiger partial charge in [0.2, 0.25) is 0 Å². The van der Waals surface area contributed by atoms with Crippen molar-refractivity contribution >= 4 is 18.4 Å². The third kappa shape index (κ3) is 24.0. The maximum absolute atomic E-state index is 11.2. The highest BCUT2D eigenvalue weighted by Crippen LogP contribution is 2.13.